The van der Waals surface area contributed by atoms with Crippen LogP contribution in [0.25, 0.3) is 0 Å². The smallest absolute Gasteiger partial charge is 0.0732 e. The van der Waals surface area contributed by atoms with Gasteiger partial charge in [-0.25, -0.2) is 4.21 Å². The molecule has 1 aromatic carbocycles. The summed E-state index contributed by atoms with van der Waals surface area (Å²) in [7, 11) is -1.90. The van der Waals surface area contributed by atoms with Crippen molar-refractivity contribution in [3.63, 3.8) is 0 Å². The Bertz CT molecular complexity index is 432. The Morgan fingerprint density at radius 2 is 2.00 bits per heavy atom. The van der Waals surface area contributed by atoms with Crippen molar-refractivity contribution in [3.8, 4) is 0 Å². The summed E-state index contributed by atoms with van der Waals surface area (Å²) in [6.07, 6.45) is 2.13. The largest absolute Gasteiger partial charge is 0.249 e. The highest BCUT2D eigenvalue weighted by molar-refractivity contribution is 7.93. The standard InChI is InChI=1S/C11H15NOS/c1-10-5-4-6-11(9-10)12-14(13)7-2-3-8-14/h4-6,9H,2-3,7-8H2,1H3. The number of hydrogen-bond acceptors (Lipinski definition) is 2. The fourth-order valence-electron chi connectivity index (χ4n) is 1.73. The molecule has 2 nitrogen and oxygen atoms in total. The van der Waals surface area contributed by atoms with E-state index in [0.29, 0.717) is 0 Å². The lowest BCUT2D eigenvalue weighted by atomic mass is 10.2. The summed E-state index contributed by atoms with van der Waals surface area (Å²) in [5.74, 6) is 1.56. The summed E-state index contributed by atoms with van der Waals surface area (Å²) >= 11 is 0. The number of aryl methyl sites for hydroxylation is 1. The molecular formula is C11H15NOS. The van der Waals surface area contributed by atoms with Crippen LogP contribution in [-0.2, 0) is 9.73 Å². The van der Waals surface area contributed by atoms with Crippen molar-refractivity contribution < 1.29 is 4.21 Å². The minimum atomic E-state index is -1.90. The van der Waals surface area contributed by atoms with E-state index in [1.807, 2.05) is 31.2 Å². The first-order valence-corrected chi connectivity index (χ1v) is 6.82. The van der Waals surface area contributed by atoms with Crippen molar-refractivity contribution in [2.45, 2.75) is 19.8 Å². The molecule has 1 aromatic rings. The van der Waals surface area contributed by atoms with Gasteiger partial charge in [0, 0.05) is 11.5 Å². The maximum absolute atomic E-state index is 12.1. The Morgan fingerprint density at radius 3 is 2.64 bits per heavy atom. The lowest BCUT2D eigenvalue weighted by molar-refractivity contribution is 0.681. The van der Waals surface area contributed by atoms with E-state index in [1.165, 1.54) is 5.56 Å². The molecule has 0 saturated carbocycles. The van der Waals surface area contributed by atoms with Gasteiger partial charge in [-0.2, -0.15) is 4.36 Å². The van der Waals surface area contributed by atoms with Crippen LogP contribution in [0.2, 0.25) is 0 Å². The Balaban J connectivity index is 2.37. The fourth-order valence-corrected chi connectivity index (χ4v) is 3.92. The van der Waals surface area contributed by atoms with Gasteiger partial charge in [0.05, 0.1) is 15.4 Å². The summed E-state index contributed by atoms with van der Waals surface area (Å²) in [4.78, 5) is 0. The number of nitrogens with zero attached hydrogens (tertiary/aromatic N) is 1. The van der Waals surface area contributed by atoms with Crippen molar-refractivity contribution in [2.24, 2.45) is 4.36 Å². The van der Waals surface area contributed by atoms with E-state index in [1.54, 1.807) is 0 Å². The van der Waals surface area contributed by atoms with Gasteiger partial charge in [0.2, 0.25) is 0 Å². The summed E-state index contributed by atoms with van der Waals surface area (Å²) in [5.41, 5.74) is 2.05. The van der Waals surface area contributed by atoms with Gasteiger partial charge in [-0.15, -0.1) is 0 Å². The van der Waals surface area contributed by atoms with Crippen LogP contribution >= 0.6 is 0 Å². The molecule has 1 aliphatic rings. The lowest BCUT2D eigenvalue weighted by Crippen LogP contribution is -1.99. The molecule has 0 bridgehead atoms. The molecule has 0 unspecified atom stereocenters. The van der Waals surface area contributed by atoms with Crippen molar-refractivity contribution in [2.75, 3.05) is 11.5 Å². The van der Waals surface area contributed by atoms with E-state index in [0.717, 1.165) is 30.0 Å². The zero-order valence-electron chi connectivity index (χ0n) is 8.40. The highest BCUT2D eigenvalue weighted by Crippen LogP contribution is 2.21. The predicted octanol–water partition coefficient (Wildman–Crippen LogP) is 2.89. The first kappa shape index (κ1) is 9.71. The zero-order valence-corrected chi connectivity index (χ0v) is 9.22. The SMILES string of the molecule is Cc1cccc(N=S2(=O)CCCC2)c1. The van der Waals surface area contributed by atoms with Gasteiger partial charge < -0.3 is 0 Å². The van der Waals surface area contributed by atoms with Crippen LogP contribution in [0.15, 0.2) is 28.6 Å². The Morgan fingerprint density at radius 1 is 1.29 bits per heavy atom. The van der Waals surface area contributed by atoms with Crippen LogP contribution in [0.1, 0.15) is 18.4 Å². The topological polar surface area (TPSA) is 29.4 Å². The van der Waals surface area contributed by atoms with E-state index in [4.69, 9.17) is 0 Å². The average molecular weight is 209 g/mol. The normalized spacial score (nSPS) is 19.5. The molecule has 1 aliphatic heterocycles. The summed E-state index contributed by atoms with van der Waals surface area (Å²) in [6.45, 7) is 2.03. The number of benzene rings is 1. The van der Waals surface area contributed by atoms with Crippen LogP contribution in [0.5, 0.6) is 0 Å². The minimum absolute atomic E-state index is 0.779. The maximum atomic E-state index is 12.1. The number of hydrogen-bond donors (Lipinski definition) is 0. The molecule has 0 N–H and O–H groups in total. The average Bonchev–Trinajstić information content (AvgIpc) is 2.51. The first-order chi connectivity index (χ1) is 6.68. The Kier molecular flexibility index (Phi) is 2.59. The van der Waals surface area contributed by atoms with E-state index >= 15 is 0 Å². The Hall–Kier alpha value is -0.830. The molecular weight excluding hydrogens is 194 g/mol. The van der Waals surface area contributed by atoms with E-state index < -0.39 is 9.73 Å². The molecule has 2 rings (SSSR count). The summed E-state index contributed by atoms with van der Waals surface area (Å²) < 4.78 is 16.5. The van der Waals surface area contributed by atoms with Crippen LogP contribution < -0.4 is 0 Å². The summed E-state index contributed by atoms with van der Waals surface area (Å²) in [5, 5.41) is 0. The van der Waals surface area contributed by atoms with Crippen LogP contribution in [0.4, 0.5) is 5.69 Å². The van der Waals surface area contributed by atoms with Crippen LogP contribution in [-0.4, -0.2) is 15.7 Å². The predicted molar refractivity (Wildman–Crippen MR) is 60.4 cm³/mol. The highest BCUT2D eigenvalue weighted by Gasteiger charge is 2.15. The molecule has 3 heteroatoms. The molecule has 1 fully saturated rings. The van der Waals surface area contributed by atoms with E-state index in [-0.39, 0.29) is 0 Å². The van der Waals surface area contributed by atoms with E-state index in [2.05, 4.69) is 4.36 Å². The van der Waals surface area contributed by atoms with Gasteiger partial charge >= 0.3 is 0 Å². The fraction of sp³-hybridized carbons (Fsp3) is 0.455. The molecule has 0 aliphatic carbocycles. The van der Waals surface area contributed by atoms with Crippen molar-refractivity contribution >= 4 is 15.4 Å². The zero-order chi connectivity index (χ0) is 10.0. The molecule has 0 aromatic heterocycles. The van der Waals surface area contributed by atoms with Gasteiger partial charge in [0.15, 0.2) is 0 Å². The maximum Gasteiger partial charge on any atom is 0.0732 e. The minimum Gasteiger partial charge on any atom is -0.249 e. The third-order valence-corrected chi connectivity index (χ3v) is 4.85. The molecule has 76 valence electrons. The monoisotopic (exact) mass is 209 g/mol. The second-order valence-electron chi connectivity index (χ2n) is 3.82. The third-order valence-electron chi connectivity index (χ3n) is 2.45. The van der Waals surface area contributed by atoms with Gasteiger partial charge in [-0.3, -0.25) is 0 Å². The molecule has 0 atom stereocenters. The summed E-state index contributed by atoms with van der Waals surface area (Å²) in [6, 6.07) is 7.91. The molecule has 0 spiro atoms. The van der Waals surface area contributed by atoms with Gasteiger partial charge in [0.25, 0.3) is 0 Å². The van der Waals surface area contributed by atoms with Crippen LogP contribution in [0, 0.1) is 6.92 Å². The molecule has 1 saturated heterocycles. The van der Waals surface area contributed by atoms with Crippen LogP contribution in [0.3, 0.4) is 0 Å². The quantitative estimate of drug-likeness (QED) is 0.699. The van der Waals surface area contributed by atoms with E-state index in [9.17, 15) is 4.21 Å². The lowest BCUT2D eigenvalue weighted by Gasteiger charge is -2.00. The second-order valence-corrected chi connectivity index (χ2v) is 6.36. The van der Waals surface area contributed by atoms with Gasteiger partial charge in [0.1, 0.15) is 0 Å². The molecule has 14 heavy (non-hydrogen) atoms. The first-order valence-electron chi connectivity index (χ1n) is 4.97. The van der Waals surface area contributed by atoms with Crippen molar-refractivity contribution in [1.29, 1.82) is 0 Å². The van der Waals surface area contributed by atoms with Gasteiger partial charge in [-0.05, 0) is 37.5 Å². The Labute approximate surface area is 85.5 Å². The third kappa shape index (κ3) is 2.15. The molecule has 0 amide bonds. The van der Waals surface area contributed by atoms with Crippen molar-refractivity contribution in [1.82, 2.24) is 0 Å². The number of rotatable bonds is 1. The second kappa shape index (κ2) is 3.73. The van der Waals surface area contributed by atoms with Crippen molar-refractivity contribution in [3.05, 3.63) is 29.8 Å². The highest BCUT2D eigenvalue weighted by atomic mass is 32.2. The van der Waals surface area contributed by atoms with Gasteiger partial charge in [-0.1, -0.05) is 12.1 Å². The molecule has 1 heterocycles. The molecule has 0 radical (unpaired) electrons.